The molecular formula is C24H28N2O3. The Morgan fingerprint density at radius 2 is 1.66 bits per heavy atom. The Balaban J connectivity index is 2.01. The summed E-state index contributed by atoms with van der Waals surface area (Å²) < 4.78 is 5.70. The van der Waals surface area contributed by atoms with Crippen molar-refractivity contribution in [2.24, 2.45) is 5.92 Å². The van der Waals surface area contributed by atoms with Crippen molar-refractivity contribution < 1.29 is 14.3 Å². The first-order valence-electron chi connectivity index (χ1n) is 9.97. The van der Waals surface area contributed by atoms with Crippen LogP contribution in [0.25, 0.3) is 5.57 Å². The molecule has 0 saturated carbocycles. The number of amides is 2. The van der Waals surface area contributed by atoms with Crippen LogP contribution in [0.5, 0.6) is 5.75 Å². The molecule has 0 fully saturated rings. The highest BCUT2D eigenvalue weighted by Gasteiger charge is 2.39. The molecule has 0 bridgehead atoms. The minimum absolute atomic E-state index is 0.0647. The van der Waals surface area contributed by atoms with Crippen LogP contribution >= 0.6 is 0 Å². The Hall–Kier alpha value is -3.08. The number of carbonyl (C=O) groups is 2. The minimum atomic E-state index is -0.289. The Bertz CT molecular complexity index is 943. The molecule has 0 atom stereocenters. The molecule has 152 valence electrons. The molecule has 0 unspecified atom stereocenters. The molecule has 2 aromatic rings. The quantitative estimate of drug-likeness (QED) is 0.698. The van der Waals surface area contributed by atoms with Gasteiger partial charge in [-0.2, -0.15) is 0 Å². The van der Waals surface area contributed by atoms with E-state index in [-0.39, 0.29) is 23.8 Å². The fourth-order valence-electron chi connectivity index (χ4n) is 3.33. The van der Waals surface area contributed by atoms with E-state index in [1.807, 2.05) is 83.1 Å². The van der Waals surface area contributed by atoms with Crippen molar-refractivity contribution in [2.45, 2.75) is 40.7 Å². The Morgan fingerprint density at radius 3 is 2.24 bits per heavy atom. The number of nitrogens with one attached hydrogen (secondary N) is 1. The SMILES string of the molecule is Cc1cccc(NC2=C(c3ccc(OC(C)C)cc3)C(=O)N(CC(C)C)C2=O)c1. The van der Waals surface area contributed by atoms with Crippen LogP contribution in [-0.2, 0) is 9.59 Å². The Labute approximate surface area is 172 Å². The number of hydrogen-bond donors (Lipinski definition) is 1. The predicted octanol–water partition coefficient (Wildman–Crippen LogP) is 4.63. The molecular weight excluding hydrogens is 364 g/mol. The van der Waals surface area contributed by atoms with Gasteiger partial charge in [0.25, 0.3) is 11.8 Å². The summed E-state index contributed by atoms with van der Waals surface area (Å²) in [4.78, 5) is 27.6. The molecule has 5 nitrogen and oxygen atoms in total. The Morgan fingerprint density at radius 1 is 0.966 bits per heavy atom. The lowest BCUT2D eigenvalue weighted by molar-refractivity contribution is -0.137. The monoisotopic (exact) mass is 392 g/mol. The van der Waals surface area contributed by atoms with Gasteiger partial charge in [0, 0.05) is 12.2 Å². The molecule has 3 rings (SSSR count). The van der Waals surface area contributed by atoms with Crippen molar-refractivity contribution >= 4 is 23.1 Å². The summed E-state index contributed by atoms with van der Waals surface area (Å²) in [6.07, 6.45) is 0.0647. The third-order valence-corrected chi connectivity index (χ3v) is 4.52. The van der Waals surface area contributed by atoms with Gasteiger partial charge in [-0.3, -0.25) is 14.5 Å². The number of rotatable bonds is 7. The van der Waals surface area contributed by atoms with Crippen molar-refractivity contribution in [3.8, 4) is 5.75 Å². The lowest BCUT2D eigenvalue weighted by Crippen LogP contribution is -2.35. The van der Waals surface area contributed by atoms with Gasteiger partial charge in [0.1, 0.15) is 11.4 Å². The second-order valence-electron chi connectivity index (χ2n) is 8.05. The van der Waals surface area contributed by atoms with Crippen LogP contribution in [-0.4, -0.2) is 29.4 Å². The number of ether oxygens (including phenoxy) is 1. The largest absolute Gasteiger partial charge is 0.491 e. The van der Waals surface area contributed by atoms with Gasteiger partial charge in [0.15, 0.2) is 0 Å². The number of hydrogen-bond acceptors (Lipinski definition) is 4. The maximum atomic E-state index is 13.2. The van der Waals surface area contributed by atoms with Crippen LogP contribution in [0.1, 0.15) is 38.8 Å². The molecule has 1 aliphatic heterocycles. The standard InChI is InChI=1S/C24H28N2O3/c1-15(2)14-26-23(27)21(18-9-11-20(12-10-18)29-16(3)4)22(24(26)28)25-19-8-6-7-17(5)13-19/h6-13,15-16,25H,14H2,1-5H3. The summed E-state index contributed by atoms with van der Waals surface area (Å²) >= 11 is 0. The first-order valence-corrected chi connectivity index (χ1v) is 9.97. The van der Waals surface area contributed by atoms with E-state index in [1.165, 1.54) is 4.90 Å². The molecule has 29 heavy (non-hydrogen) atoms. The van der Waals surface area contributed by atoms with Crippen LogP contribution < -0.4 is 10.1 Å². The smallest absolute Gasteiger partial charge is 0.278 e. The van der Waals surface area contributed by atoms with E-state index in [0.29, 0.717) is 23.4 Å². The number of carbonyl (C=O) groups excluding carboxylic acids is 2. The summed E-state index contributed by atoms with van der Waals surface area (Å²) in [5.41, 5.74) is 3.26. The molecule has 2 amide bonds. The number of benzene rings is 2. The maximum absolute atomic E-state index is 13.2. The fourth-order valence-corrected chi connectivity index (χ4v) is 3.33. The van der Waals surface area contributed by atoms with Gasteiger partial charge >= 0.3 is 0 Å². The summed E-state index contributed by atoms with van der Waals surface area (Å²) in [5.74, 6) is 0.358. The molecule has 0 aliphatic carbocycles. The van der Waals surface area contributed by atoms with Crippen LogP contribution in [0.3, 0.4) is 0 Å². The second kappa shape index (κ2) is 8.52. The molecule has 0 aromatic heterocycles. The Kier molecular flexibility index (Phi) is 6.06. The van der Waals surface area contributed by atoms with Gasteiger partial charge in [-0.15, -0.1) is 0 Å². The van der Waals surface area contributed by atoms with Crippen LogP contribution in [0.15, 0.2) is 54.2 Å². The maximum Gasteiger partial charge on any atom is 0.278 e. The molecule has 0 spiro atoms. The average Bonchev–Trinajstić information content (AvgIpc) is 2.86. The van der Waals surface area contributed by atoms with Gasteiger partial charge in [-0.1, -0.05) is 38.1 Å². The van der Waals surface area contributed by atoms with Gasteiger partial charge < -0.3 is 10.1 Å². The summed E-state index contributed by atoms with van der Waals surface area (Å²) in [5, 5.41) is 3.20. The lowest BCUT2D eigenvalue weighted by atomic mass is 10.0. The topological polar surface area (TPSA) is 58.6 Å². The molecule has 2 aromatic carbocycles. The molecule has 1 heterocycles. The van der Waals surface area contributed by atoms with E-state index in [4.69, 9.17) is 4.74 Å². The predicted molar refractivity (Wildman–Crippen MR) is 115 cm³/mol. The first-order chi connectivity index (χ1) is 13.8. The third kappa shape index (κ3) is 4.67. The zero-order valence-corrected chi connectivity index (χ0v) is 17.7. The van der Waals surface area contributed by atoms with E-state index in [9.17, 15) is 9.59 Å². The van der Waals surface area contributed by atoms with E-state index >= 15 is 0 Å². The second-order valence-corrected chi connectivity index (χ2v) is 8.05. The van der Waals surface area contributed by atoms with Gasteiger partial charge in [-0.25, -0.2) is 0 Å². The fraction of sp³-hybridized carbons (Fsp3) is 0.333. The highest BCUT2D eigenvalue weighted by molar-refractivity contribution is 6.36. The summed E-state index contributed by atoms with van der Waals surface area (Å²) in [6.45, 7) is 10.3. The highest BCUT2D eigenvalue weighted by Crippen LogP contribution is 2.32. The summed E-state index contributed by atoms with van der Waals surface area (Å²) in [7, 11) is 0. The molecule has 0 saturated heterocycles. The van der Waals surface area contributed by atoms with Gasteiger partial charge in [0.05, 0.1) is 11.7 Å². The van der Waals surface area contributed by atoms with Crippen molar-refractivity contribution in [3.05, 3.63) is 65.4 Å². The van der Waals surface area contributed by atoms with Crippen molar-refractivity contribution in [1.82, 2.24) is 4.90 Å². The first kappa shape index (κ1) is 20.6. The summed E-state index contributed by atoms with van der Waals surface area (Å²) in [6, 6.07) is 15.1. The zero-order chi connectivity index (χ0) is 21.1. The normalized spacial score (nSPS) is 14.4. The number of aryl methyl sites for hydroxylation is 1. The van der Waals surface area contributed by atoms with Crippen molar-refractivity contribution in [2.75, 3.05) is 11.9 Å². The van der Waals surface area contributed by atoms with E-state index < -0.39 is 0 Å². The lowest BCUT2D eigenvalue weighted by Gasteiger charge is -2.17. The number of nitrogens with zero attached hydrogens (tertiary/aromatic N) is 1. The van der Waals surface area contributed by atoms with Crippen LogP contribution in [0, 0.1) is 12.8 Å². The number of anilines is 1. The highest BCUT2D eigenvalue weighted by atomic mass is 16.5. The van der Waals surface area contributed by atoms with E-state index in [2.05, 4.69) is 5.32 Å². The average molecular weight is 392 g/mol. The van der Waals surface area contributed by atoms with Gasteiger partial charge in [0.2, 0.25) is 0 Å². The third-order valence-electron chi connectivity index (χ3n) is 4.52. The van der Waals surface area contributed by atoms with E-state index in [0.717, 1.165) is 17.0 Å². The molecule has 0 radical (unpaired) electrons. The molecule has 1 N–H and O–H groups in total. The molecule has 1 aliphatic rings. The van der Waals surface area contributed by atoms with Crippen molar-refractivity contribution in [3.63, 3.8) is 0 Å². The van der Waals surface area contributed by atoms with Crippen LogP contribution in [0.4, 0.5) is 5.69 Å². The zero-order valence-electron chi connectivity index (χ0n) is 17.7. The van der Waals surface area contributed by atoms with Crippen LogP contribution in [0.2, 0.25) is 0 Å². The van der Waals surface area contributed by atoms with Gasteiger partial charge in [-0.05, 0) is 62.1 Å². The minimum Gasteiger partial charge on any atom is -0.491 e. The number of imide groups is 1. The van der Waals surface area contributed by atoms with E-state index in [1.54, 1.807) is 0 Å². The van der Waals surface area contributed by atoms with Crippen molar-refractivity contribution in [1.29, 1.82) is 0 Å². The molecule has 5 heteroatoms.